The van der Waals surface area contributed by atoms with Gasteiger partial charge in [-0.3, -0.25) is 4.79 Å². The van der Waals surface area contributed by atoms with Crippen LogP contribution in [0.4, 0.5) is 13.2 Å². The summed E-state index contributed by atoms with van der Waals surface area (Å²) in [4.78, 5) is 10.9. The molecule has 0 saturated carbocycles. The molecule has 78 valence electrons. The number of hydrogen-bond acceptors (Lipinski definition) is 2. The minimum absolute atomic E-state index is 0.233. The fourth-order valence-corrected chi connectivity index (χ4v) is 0.755. The molecule has 0 aromatic rings. The number of carbonyl (C=O) groups is 1. The van der Waals surface area contributed by atoms with E-state index in [2.05, 4.69) is 0 Å². The molecule has 0 aromatic carbocycles. The lowest BCUT2D eigenvalue weighted by atomic mass is 9.99. The fourth-order valence-electron chi connectivity index (χ4n) is 0.755. The molecule has 0 aromatic heterocycles. The van der Waals surface area contributed by atoms with Crippen LogP contribution in [0.3, 0.4) is 0 Å². The number of hydrogen-bond donors (Lipinski definition) is 1. The first-order valence-corrected chi connectivity index (χ1v) is 3.95. The van der Waals surface area contributed by atoms with E-state index in [9.17, 15) is 18.0 Å². The Bertz CT molecular complexity index is 179. The average molecular weight is 198 g/mol. The number of ketones is 1. The van der Waals surface area contributed by atoms with E-state index in [-0.39, 0.29) is 12.8 Å². The number of halogens is 3. The summed E-state index contributed by atoms with van der Waals surface area (Å²) in [7, 11) is 0. The molecule has 0 unspecified atom stereocenters. The highest BCUT2D eigenvalue weighted by molar-refractivity contribution is 5.86. The summed E-state index contributed by atoms with van der Waals surface area (Å²) in [6.45, 7) is 2.53. The third-order valence-electron chi connectivity index (χ3n) is 1.55. The number of Topliss-reactive ketones (excluding diaryl/α,β-unsaturated/α-hetero) is 1. The van der Waals surface area contributed by atoms with Crippen molar-refractivity contribution >= 4 is 5.78 Å². The predicted molar refractivity (Wildman–Crippen MR) is 41.2 cm³/mol. The predicted octanol–water partition coefficient (Wildman–Crippen LogP) is 2.06. The normalized spacial score (nSPS) is 13.1. The molecule has 0 aliphatic carbocycles. The van der Waals surface area contributed by atoms with Gasteiger partial charge in [-0.25, -0.2) is 0 Å². The van der Waals surface area contributed by atoms with Crippen LogP contribution < -0.4 is 0 Å². The van der Waals surface area contributed by atoms with Crippen molar-refractivity contribution in [1.29, 1.82) is 0 Å². The first kappa shape index (κ1) is 12.4. The van der Waals surface area contributed by atoms with Crippen LogP contribution in [0.25, 0.3) is 0 Å². The Balaban J connectivity index is 3.74. The molecular weight excluding hydrogens is 185 g/mol. The molecule has 0 aliphatic heterocycles. The summed E-state index contributed by atoms with van der Waals surface area (Å²) >= 11 is 0. The molecular formula is C8H13F3O2. The first-order chi connectivity index (χ1) is 5.63. The van der Waals surface area contributed by atoms with E-state index < -0.39 is 24.0 Å². The largest absolute Gasteiger partial charge is 0.389 e. The Morgan fingerprint density at radius 2 is 1.77 bits per heavy atom. The van der Waals surface area contributed by atoms with Gasteiger partial charge in [-0.2, -0.15) is 13.2 Å². The molecule has 2 nitrogen and oxygen atoms in total. The molecule has 0 radical (unpaired) electrons. The maximum atomic E-state index is 11.6. The lowest BCUT2D eigenvalue weighted by Gasteiger charge is -2.15. The lowest BCUT2D eigenvalue weighted by Crippen LogP contribution is -2.31. The first-order valence-electron chi connectivity index (χ1n) is 3.95. The lowest BCUT2D eigenvalue weighted by molar-refractivity contribution is -0.141. The van der Waals surface area contributed by atoms with Crippen LogP contribution >= 0.6 is 0 Å². The van der Waals surface area contributed by atoms with Gasteiger partial charge in [0.15, 0.2) is 5.78 Å². The maximum absolute atomic E-state index is 11.6. The second-order valence-electron chi connectivity index (χ2n) is 3.45. The van der Waals surface area contributed by atoms with Crippen molar-refractivity contribution in [1.82, 2.24) is 0 Å². The summed E-state index contributed by atoms with van der Waals surface area (Å²) in [5, 5.41) is 9.08. The summed E-state index contributed by atoms with van der Waals surface area (Å²) in [5.41, 5.74) is -1.52. The van der Waals surface area contributed by atoms with Gasteiger partial charge < -0.3 is 5.11 Å². The minimum Gasteiger partial charge on any atom is -0.383 e. The van der Waals surface area contributed by atoms with Crippen molar-refractivity contribution in [3.05, 3.63) is 0 Å². The van der Waals surface area contributed by atoms with Crippen molar-refractivity contribution in [2.24, 2.45) is 0 Å². The van der Waals surface area contributed by atoms with Gasteiger partial charge in [-0.05, 0) is 20.3 Å². The molecule has 0 rings (SSSR count). The van der Waals surface area contributed by atoms with Gasteiger partial charge in [0, 0.05) is 12.8 Å². The van der Waals surface area contributed by atoms with Gasteiger partial charge in [-0.15, -0.1) is 0 Å². The maximum Gasteiger partial charge on any atom is 0.389 e. The monoisotopic (exact) mass is 198 g/mol. The smallest absolute Gasteiger partial charge is 0.383 e. The fraction of sp³-hybridized carbons (Fsp3) is 0.875. The number of aliphatic hydroxyl groups is 1. The molecule has 5 heteroatoms. The van der Waals surface area contributed by atoms with E-state index >= 15 is 0 Å². The van der Waals surface area contributed by atoms with Gasteiger partial charge in [0.2, 0.25) is 0 Å². The Hall–Kier alpha value is -0.580. The Morgan fingerprint density at radius 3 is 2.08 bits per heavy atom. The second-order valence-corrected chi connectivity index (χ2v) is 3.45. The highest BCUT2D eigenvalue weighted by atomic mass is 19.4. The van der Waals surface area contributed by atoms with Crippen molar-refractivity contribution in [2.45, 2.75) is 44.9 Å². The molecule has 0 spiro atoms. The number of rotatable bonds is 4. The van der Waals surface area contributed by atoms with E-state index in [1.807, 2.05) is 0 Å². The summed E-state index contributed by atoms with van der Waals surface area (Å²) < 4.78 is 34.9. The van der Waals surface area contributed by atoms with E-state index in [1.54, 1.807) is 0 Å². The molecule has 0 atom stereocenters. The SMILES string of the molecule is CC(C)(O)C(=O)CCCC(F)(F)F. The summed E-state index contributed by atoms with van der Waals surface area (Å²) in [6, 6.07) is 0. The second kappa shape index (κ2) is 4.09. The standard InChI is InChI=1S/C8H13F3O2/c1-7(2,13)6(12)4-3-5-8(9,10)11/h13H,3-5H2,1-2H3. The highest BCUT2D eigenvalue weighted by Crippen LogP contribution is 2.23. The quantitative estimate of drug-likeness (QED) is 0.750. The minimum atomic E-state index is -4.22. The average Bonchev–Trinajstić information content (AvgIpc) is 1.82. The zero-order chi connectivity index (χ0) is 10.7. The van der Waals surface area contributed by atoms with Gasteiger partial charge in [0.05, 0.1) is 0 Å². The van der Waals surface area contributed by atoms with Crippen LogP contribution in [0.1, 0.15) is 33.1 Å². The van der Waals surface area contributed by atoms with Crippen LogP contribution in [0, 0.1) is 0 Å². The summed E-state index contributed by atoms with van der Waals surface area (Å²) in [5.74, 6) is -0.559. The van der Waals surface area contributed by atoms with E-state index in [0.29, 0.717) is 0 Å². The van der Waals surface area contributed by atoms with Crippen LogP contribution in [0.2, 0.25) is 0 Å². The molecule has 0 bridgehead atoms. The Kier molecular flexibility index (Phi) is 3.90. The Labute approximate surface area is 74.7 Å². The molecule has 0 saturated heterocycles. The van der Waals surface area contributed by atoms with E-state index in [1.165, 1.54) is 13.8 Å². The molecule has 0 heterocycles. The Morgan fingerprint density at radius 1 is 1.31 bits per heavy atom. The van der Waals surface area contributed by atoms with Crippen LogP contribution in [0.5, 0.6) is 0 Å². The van der Waals surface area contributed by atoms with Crippen LogP contribution in [0.15, 0.2) is 0 Å². The van der Waals surface area contributed by atoms with Gasteiger partial charge in [0.1, 0.15) is 5.60 Å². The van der Waals surface area contributed by atoms with Gasteiger partial charge >= 0.3 is 6.18 Å². The van der Waals surface area contributed by atoms with Crippen LogP contribution in [-0.2, 0) is 4.79 Å². The topological polar surface area (TPSA) is 37.3 Å². The van der Waals surface area contributed by atoms with Gasteiger partial charge in [0.25, 0.3) is 0 Å². The van der Waals surface area contributed by atoms with Crippen molar-refractivity contribution in [3.8, 4) is 0 Å². The molecule has 13 heavy (non-hydrogen) atoms. The van der Waals surface area contributed by atoms with Gasteiger partial charge in [-0.1, -0.05) is 0 Å². The molecule has 0 aliphatic rings. The number of alkyl halides is 3. The third-order valence-corrected chi connectivity index (χ3v) is 1.55. The number of carbonyl (C=O) groups excluding carboxylic acids is 1. The molecule has 0 amide bonds. The third kappa shape index (κ3) is 6.57. The zero-order valence-electron chi connectivity index (χ0n) is 7.61. The van der Waals surface area contributed by atoms with Crippen molar-refractivity contribution in [3.63, 3.8) is 0 Å². The molecule has 0 fully saturated rings. The molecule has 1 N–H and O–H groups in total. The van der Waals surface area contributed by atoms with Crippen molar-refractivity contribution < 1.29 is 23.1 Å². The van der Waals surface area contributed by atoms with Crippen molar-refractivity contribution in [2.75, 3.05) is 0 Å². The summed E-state index contributed by atoms with van der Waals surface area (Å²) in [6.07, 6.45) is -5.69. The highest BCUT2D eigenvalue weighted by Gasteiger charge is 2.29. The van der Waals surface area contributed by atoms with E-state index in [4.69, 9.17) is 5.11 Å². The van der Waals surface area contributed by atoms with E-state index in [0.717, 1.165) is 0 Å². The zero-order valence-corrected chi connectivity index (χ0v) is 7.61. The van der Waals surface area contributed by atoms with Crippen LogP contribution in [-0.4, -0.2) is 22.7 Å².